The molecule has 5 nitrogen and oxygen atoms in total. The number of hydrogen-bond donors (Lipinski definition) is 1. The zero-order valence-electron chi connectivity index (χ0n) is 14.8. The fourth-order valence-corrected chi connectivity index (χ4v) is 2.91. The van der Waals surface area contributed by atoms with Crippen molar-refractivity contribution < 1.29 is 4.79 Å². The first-order chi connectivity index (χ1) is 12.0. The molecule has 0 fully saturated rings. The highest BCUT2D eigenvalue weighted by Gasteiger charge is 2.14. The summed E-state index contributed by atoms with van der Waals surface area (Å²) in [4.78, 5) is 16.4. The lowest BCUT2D eigenvalue weighted by Gasteiger charge is -2.06. The smallest absolute Gasteiger partial charge is 0.225 e. The molecule has 2 aromatic heterocycles. The predicted molar refractivity (Wildman–Crippen MR) is 99.0 cm³/mol. The molecule has 0 saturated heterocycles. The summed E-state index contributed by atoms with van der Waals surface area (Å²) in [5.41, 5.74) is 5.26. The first-order valence-corrected chi connectivity index (χ1v) is 8.37. The summed E-state index contributed by atoms with van der Waals surface area (Å²) in [7, 11) is 0. The molecule has 0 saturated carbocycles. The van der Waals surface area contributed by atoms with E-state index >= 15 is 0 Å². The number of hydrogen-bond acceptors (Lipinski definition) is 3. The number of aromatic nitrogens is 3. The van der Waals surface area contributed by atoms with E-state index in [1.54, 1.807) is 6.20 Å². The van der Waals surface area contributed by atoms with Gasteiger partial charge in [0.25, 0.3) is 0 Å². The van der Waals surface area contributed by atoms with Gasteiger partial charge in [0.05, 0.1) is 11.4 Å². The Bertz CT molecular complexity index is 884. The standard InChI is InChI=1S/C20H22N4O/c1-14-11-12-21-19(13-14)22-20(25)10-9-18-15(2)23-24(16(18)3)17-7-5-4-6-8-17/h4-8,11-13H,9-10H2,1-3H3,(H,21,22,25). The lowest BCUT2D eigenvalue weighted by Crippen LogP contribution is -2.13. The number of anilines is 1. The van der Waals surface area contributed by atoms with Crippen LogP contribution >= 0.6 is 0 Å². The number of para-hydroxylation sites is 1. The maximum Gasteiger partial charge on any atom is 0.225 e. The number of pyridine rings is 1. The van der Waals surface area contributed by atoms with Crippen molar-refractivity contribution in [3.8, 4) is 5.69 Å². The Morgan fingerprint density at radius 3 is 2.60 bits per heavy atom. The van der Waals surface area contributed by atoms with Crippen LogP contribution in [0.3, 0.4) is 0 Å². The lowest BCUT2D eigenvalue weighted by molar-refractivity contribution is -0.116. The molecule has 25 heavy (non-hydrogen) atoms. The fourth-order valence-electron chi connectivity index (χ4n) is 2.91. The number of rotatable bonds is 5. The molecule has 1 aromatic carbocycles. The van der Waals surface area contributed by atoms with Crippen molar-refractivity contribution in [1.29, 1.82) is 0 Å². The second-order valence-corrected chi connectivity index (χ2v) is 6.16. The van der Waals surface area contributed by atoms with Gasteiger partial charge in [0.15, 0.2) is 0 Å². The molecule has 3 rings (SSSR count). The molecule has 0 aliphatic carbocycles. The molecule has 0 aliphatic heterocycles. The van der Waals surface area contributed by atoms with Gasteiger partial charge in [-0.15, -0.1) is 0 Å². The molecule has 128 valence electrons. The first-order valence-electron chi connectivity index (χ1n) is 8.37. The Labute approximate surface area is 147 Å². The third-order valence-electron chi connectivity index (χ3n) is 4.23. The third kappa shape index (κ3) is 3.94. The number of carbonyl (C=O) groups is 1. The summed E-state index contributed by atoms with van der Waals surface area (Å²) in [6.07, 6.45) is 2.75. The summed E-state index contributed by atoms with van der Waals surface area (Å²) in [5, 5.41) is 7.48. The highest BCUT2D eigenvalue weighted by Crippen LogP contribution is 2.19. The van der Waals surface area contributed by atoms with Crippen molar-refractivity contribution in [2.75, 3.05) is 5.32 Å². The van der Waals surface area contributed by atoms with Crippen LogP contribution in [0.25, 0.3) is 5.69 Å². The minimum absolute atomic E-state index is 0.0376. The molecule has 0 unspecified atom stereocenters. The van der Waals surface area contributed by atoms with Gasteiger partial charge in [-0.25, -0.2) is 9.67 Å². The molecular weight excluding hydrogens is 312 g/mol. The van der Waals surface area contributed by atoms with E-state index in [4.69, 9.17) is 0 Å². The lowest BCUT2D eigenvalue weighted by atomic mass is 10.1. The average molecular weight is 334 g/mol. The van der Waals surface area contributed by atoms with Crippen molar-refractivity contribution in [3.05, 3.63) is 71.2 Å². The Morgan fingerprint density at radius 1 is 1.12 bits per heavy atom. The molecule has 0 bridgehead atoms. The Balaban J connectivity index is 1.69. The van der Waals surface area contributed by atoms with Crippen LogP contribution in [-0.2, 0) is 11.2 Å². The van der Waals surface area contributed by atoms with Crippen LogP contribution in [0.15, 0.2) is 48.7 Å². The Kier molecular flexibility index (Phi) is 4.93. The normalized spacial score (nSPS) is 10.7. The van der Waals surface area contributed by atoms with Gasteiger partial charge >= 0.3 is 0 Å². The predicted octanol–water partition coefficient (Wildman–Crippen LogP) is 3.76. The van der Waals surface area contributed by atoms with E-state index in [0.717, 1.165) is 28.2 Å². The summed E-state index contributed by atoms with van der Waals surface area (Å²) < 4.78 is 1.94. The molecule has 1 amide bonds. The topological polar surface area (TPSA) is 59.8 Å². The second kappa shape index (κ2) is 7.30. The molecule has 5 heteroatoms. The highest BCUT2D eigenvalue weighted by atomic mass is 16.1. The number of carbonyl (C=O) groups excluding carboxylic acids is 1. The molecule has 0 spiro atoms. The van der Waals surface area contributed by atoms with E-state index in [9.17, 15) is 4.79 Å². The van der Waals surface area contributed by atoms with Crippen LogP contribution in [0.4, 0.5) is 5.82 Å². The van der Waals surface area contributed by atoms with Gasteiger partial charge in [0.2, 0.25) is 5.91 Å². The van der Waals surface area contributed by atoms with Gasteiger partial charge in [-0.05, 0) is 62.6 Å². The third-order valence-corrected chi connectivity index (χ3v) is 4.23. The average Bonchev–Trinajstić information content (AvgIpc) is 2.88. The van der Waals surface area contributed by atoms with Gasteiger partial charge < -0.3 is 5.32 Å². The highest BCUT2D eigenvalue weighted by molar-refractivity contribution is 5.89. The van der Waals surface area contributed by atoms with E-state index in [2.05, 4.69) is 15.4 Å². The second-order valence-electron chi connectivity index (χ2n) is 6.16. The first kappa shape index (κ1) is 16.9. The largest absolute Gasteiger partial charge is 0.311 e. The number of aryl methyl sites for hydroxylation is 2. The maximum absolute atomic E-state index is 12.2. The zero-order chi connectivity index (χ0) is 17.8. The van der Waals surface area contributed by atoms with E-state index in [1.807, 2.05) is 67.9 Å². The molecule has 1 N–H and O–H groups in total. The quantitative estimate of drug-likeness (QED) is 0.773. The molecule has 2 heterocycles. The van der Waals surface area contributed by atoms with Crippen molar-refractivity contribution >= 4 is 11.7 Å². The van der Waals surface area contributed by atoms with Crippen LogP contribution in [0.2, 0.25) is 0 Å². The van der Waals surface area contributed by atoms with Crippen molar-refractivity contribution in [3.63, 3.8) is 0 Å². The van der Waals surface area contributed by atoms with Gasteiger partial charge in [0, 0.05) is 18.3 Å². The van der Waals surface area contributed by atoms with E-state index in [1.165, 1.54) is 0 Å². The minimum atomic E-state index is -0.0376. The van der Waals surface area contributed by atoms with Gasteiger partial charge in [-0.3, -0.25) is 4.79 Å². The van der Waals surface area contributed by atoms with Crippen LogP contribution in [0.1, 0.15) is 28.9 Å². The van der Waals surface area contributed by atoms with Crippen molar-refractivity contribution in [2.45, 2.75) is 33.6 Å². The summed E-state index contributed by atoms with van der Waals surface area (Å²) in [6.45, 7) is 6.01. The van der Waals surface area contributed by atoms with Crippen LogP contribution in [0, 0.1) is 20.8 Å². The summed E-state index contributed by atoms with van der Waals surface area (Å²) in [6, 6.07) is 13.8. The Morgan fingerprint density at radius 2 is 1.88 bits per heavy atom. The monoisotopic (exact) mass is 334 g/mol. The van der Waals surface area contributed by atoms with E-state index in [-0.39, 0.29) is 5.91 Å². The van der Waals surface area contributed by atoms with Crippen molar-refractivity contribution in [2.24, 2.45) is 0 Å². The van der Waals surface area contributed by atoms with Crippen LogP contribution in [0.5, 0.6) is 0 Å². The fraction of sp³-hybridized carbons (Fsp3) is 0.250. The van der Waals surface area contributed by atoms with Crippen LogP contribution < -0.4 is 5.32 Å². The minimum Gasteiger partial charge on any atom is -0.311 e. The van der Waals surface area contributed by atoms with Crippen LogP contribution in [-0.4, -0.2) is 20.7 Å². The molecule has 0 radical (unpaired) electrons. The SMILES string of the molecule is Cc1ccnc(NC(=O)CCc2c(C)nn(-c3ccccc3)c2C)c1. The van der Waals surface area contributed by atoms with E-state index < -0.39 is 0 Å². The summed E-state index contributed by atoms with van der Waals surface area (Å²) >= 11 is 0. The molecule has 0 atom stereocenters. The number of amides is 1. The van der Waals surface area contributed by atoms with Crippen molar-refractivity contribution in [1.82, 2.24) is 14.8 Å². The number of nitrogens with one attached hydrogen (secondary N) is 1. The van der Waals surface area contributed by atoms with E-state index in [0.29, 0.717) is 18.7 Å². The molecule has 0 aliphatic rings. The number of nitrogens with zero attached hydrogens (tertiary/aromatic N) is 3. The molecular formula is C20H22N4O. The van der Waals surface area contributed by atoms with Gasteiger partial charge in [-0.1, -0.05) is 18.2 Å². The van der Waals surface area contributed by atoms with Gasteiger partial charge in [-0.2, -0.15) is 5.10 Å². The zero-order valence-corrected chi connectivity index (χ0v) is 14.8. The van der Waals surface area contributed by atoms with Gasteiger partial charge in [0.1, 0.15) is 5.82 Å². The maximum atomic E-state index is 12.2. The Hall–Kier alpha value is -2.95. The summed E-state index contributed by atoms with van der Waals surface area (Å²) in [5.74, 6) is 0.558. The number of benzene rings is 1. The molecule has 3 aromatic rings.